The molecule has 2 fully saturated rings. The molecule has 2 rings (SSSR count). The van der Waals surface area contributed by atoms with Crippen LogP contribution in [-0.2, 0) is 10.2 Å². The predicted molar refractivity (Wildman–Crippen MR) is 94.2 cm³/mol. The van der Waals surface area contributed by atoms with Crippen molar-refractivity contribution in [3.63, 3.8) is 0 Å². The fourth-order valence-electron chi connectivity index (χ4n) is 3.37. The predicted octanol–water partition coefficient (Wildman–Crippen LogP) is -1.20. The van der Waals surface area contributed by atoms with Gasteiger partial charge >= 0.3 is 7.12 Å². The lowest BCUT2D eigenvalue weighted by molar-refractivity contribution is 0.343. The van der Waals surface area contributed by atoms with Crippen LogP contribution < -0.4 is 11.5 Å². The van der Waals surface area contributed by atoms with Gasteiger partial charge in [0.15, 0.2) is 0 Å². The van der Waals surface area contributed by atoms with Gasteiger partial charge < -0.3 is 21.5 Å². The highest BCUT2D eigenvalue weighted by Gasteiger charge is 2.46. The zero-order valence-electron chi connectivity index (χ0n) is 14.5. The average Bonchev–Trinajstić information content (AvgIpc) is 3.22. The lowest BCUT2D eigenvalue weighted by atomic mass is 9.79. The standard InChI is InChI=1S/C14H31BN4O4S/c1-14(17)11-19(10-13(14)3-2-6-15(20)21)24(22,23)18(8-7-16)9-12-4-5-12/h12-13,20-21H,2-11,16-17H2,1H3/t13-,14-/m0/s1. The van der Waals surface area contributed by atoms with Crippen molar-refractivity contribution in [2.24, 2.45) is 23.3 Å². The Balaban J connectivity index is 2.01. The van der Waals surface area contributed by atoms with Crippen LogP contribution in [0.1, 0.15) is 32.6 Å². The Morgan fingerprint density at radius 3 is 2.58 bits per heavy atom. The zero-order valence-corrected chi connectivity index (χ0v) is 15.3. The molecule has 0 spiro atoms. The lowest BCUT2D eigenvalue weighted by Gasteiger charge is -2.28. The summed E-state index contributed by atoms with van der Waals surface area (Å²) in [6, 6.07) is 0. The van der Waals surface area contributed by atoms with E-state index < -0.39 is 22.9 Å². The SMILES string of the molecule is C[C@]1(N)CN(S(=O)(=O)N(CCN)CC2CC2)C[C@@H]1CCCB(O)O. The molecule has 1 saturated heterocycles. The average molecular weight is 362 g/mol. The normalized spacial score (nSPS) is 28.7. The van der Waals surface area contributed by atoms with Gasteiger partial charge in [0, 0.05) is 38.3 Å². The van der Waals surface area contributed by atoms with Crippen molar-refractivity contribution < 1.29 is 18.5 Å². The molecule has 1 saturated carbocycles. The molecular weight excluding hydrogens is 331 g/mol. The first-order valence-corrected chi connectivity index (χ1v) is 10.2. The number of nitrogens with zero attached hydrogens (tertiary/aromatic N) is 2. The molecule has 1 aliphatic carbocycles. The van der Waals surface area contributed by atoms with Gasteiger partial charge in [-0.25, -0.2) is 0 Å². The maximum Gasteiger partial charge on any atom is 0.451 e. The molecule has 24 heavy (non-hydrogen) atoms. The molecule has 8 nitrogen and oxygen atoms in total. The first kappa shape index (κ1) is 20.1. The number of rotatable bonds is 10. The van der Waals surface area contributed by atoms with Crippen molar-refractivity contribution in [3.8, 4) is 0 Å². The minimum absolute atomic E-state index is 0.00618. The van der Waals surface area contributed by atoms with Crippen molar-refractivity contribution in [3.05, 3.63) is 0 Å². The van der Waals surface area contributed by atoms with Crippen LogP contribution >= 0.6 is 0 Å². The fourth-order valence-corrected chi connectivity index (χ4v) is 5.24. The minimum atomic E-state index is -3.56. The molecule has 0 radical (unpaired) electrons. The van der Waals surface area contributed by atoms with E-state index in [1.807, 2.05) is 6.92 Å². The van der Waals surface area contributed by atoms with Gasteiger partial charge in [0.1, 0.15) is 0 Å². The molecule has 2 aliphatic rings. The molecule has 0 aromatic carbocycles. The van der Waals surface area contributed by atoms with Gasteiger partial charge in [0.2, 0.25) is 0 Å². The maximum atomic E-state index is 13.0. The highest BCUT2D eigenvalue weighted by molar-refractivity contribution is 7.86. The van der Waals surface area contributed by atoms with E-state index in [4.69, 9.17) is 21.5 Å². The molecular formula is C14H31BN4O4S. The van der Waals surface area contributed by atoms with Gasteiger partial charge in [-0.3, -0.25) is 0 Å². The second kappa shape index (κ2) is 7.98. The molecule has 2 atom stereocenters. The third-order valence-electron chi connectivity index (χ3n) is 5.08. The van der Waals surface area contributed by atoms with Crippen molar-refractivity contribution in [2.45, 2.75) is 44.5 Å². The quantitative estimate of drug-likeness (QED) is 0.361. The van der Waals surface area contributed by atoms with Gasteiger partial charge in [-0.1, -0.05) is 6.42 Å². The van der Waals surface area contributed by atoms with E-state index >= 15 is 0 Å². The van der Waals surface area contributed by atoms with E-state index in [0.717, 1.165) is 12.8 Å². The lowest BCUT2D eigenvalue weighted by Crippen LogP contribution is -2.48. The second-order valence-corrected chi connectivity index (χ2v) is 9.43. The van der Waals surface area contributed by atoms with E-state index in [1.54, 1.807) is 0 Å². The third-order valence-corrected chi connectivity index (χ3v) is 6.99. The molecule has 0 unspecified atom stereocenters. The Hall–Kier alpha value is -0.225. The zero-order chi connectivity index (χ0) is 18.0. The van der Waals surface area contributed by atoms with Gasteiger partial charge in [0.25, 0.3) is 10.2 Å². The van der Waals surface area contributed by atoms with Crippen LogP contribution in [0, 0.1) is 11.8 Å². The van der Waals surface area contributed by atoms with Crippen LogP contribution in [0.25, 0.3) is 0 Å². The smallest absolute Gasteiger partial charge is 0.427 e. The summed E-state index contributed by atoms with van der Waals surface area (Å²) in [4.78, 5) is 0. The summed E-state index contributed by atoms with van der Waals surface area (Å²) in [7, 11) is -4.88. The maximum absolute atomic E-state index is 13.0. The van der Waals surface area contributed by atoms with Crippen LogP contribution in [-0.4, -0.2) is 72.5 Å². The monoisotopic (exact) mass is 362 g/mol. The summed E-state index contributed by atoms with van der Waals surface area (Å²) in [5, 5.41) is 17.9. The van der Waals surface area contributed by atoms with Crippen LogP contribution in [0.5, 0.6) is 0 Å². The molecule has 0 amide bonds. The topological polar surface area (TPSA) is 133 Å². The van der Waals surface area contributed by atoms with Gasteiger partial charge in [0.05, 0.1) is 0 Å². The first-order valence-electron chi connectivity index (χ1n) is 8.77. The first-order chi connectivity index (χ1) is 11.2. The molecule has 10 heteroatoms. The van der Waals surface area contributed by atoms with Crippen LogP contribution in [0.3, 0.4) is 0 Å². The number of hydrogen-bond donors (Lipinski definition) is 4. The number of nitrogens with two attached hydrogens (primary N) is 2. The van der Waals surface area contributed by atoms with Crippen LogP contribution in [0.4, 0.5) is 0 Å². The molecule has 0 bridgehead atoms. The van der Waals surface area contributed by atoms with E-state index in [1.165, 1.54) is 8.61 Å². The Labute approximate surface area is 145 Å². The Bertz CT molecular complexity index is 513. The molecule has 1 heterocycles. The molecule has 6 N–H and O–H groups in total. The largest absolute Gasteiger partial charge is 0.451 e. The van der Waals surface area contributed by atoms with Gasteiger partial charge in [-0.05, 0) is 44.3 Å². The minimum Gasteiger partial charge on any atom is -0.427 e. The van der Waals surface area contributed by atoms with Crippen LogP contribution in [0.15, 0.2) is 0 Å². The summed E-state index contributed by atoms with van der Waals surface area (Å²) >= 11 is 0. The highest BCUT2D eigenvalue weighted by atomic mass is 32.2. The Kier molecular flexibility index (Phi) is 6.68. The highest BCUT2D eigenvalue weighted by Crippen LogP contribution is 2.34. The molecule has 0 aromatic rings. The van der Waals surface area contributed by atoms with E-state index in [0.29, 0.717) is 44.9 Å². The van der Waals surface area contributed by atoms with Gasteiger partial charge in [-0.15, -0.1) is 0 Å². The summed E-state index contributed by atoms with van der Waals surface area (Å²) in [5.41, 5.74) is 11.3. The fraction of sp³-hybridized carbons (Fsp3) is 1.00. The van der Waals surface area contributed by atoms with E-state index in [2.05, 4.69) is 0 Å². The second-order valence-electron chi connectivity index (χ2n) is 7.50. The Morgan fingerprint density at radius 2 is 2.04 bits per heavy atom. The summed E-state index contributed by atoms with van der Waals surface area (Å²) in [5.74, 6) is 0.465. The molecule has 1 aliphatic heterocycles. The third kappa shape index (κ3) is 5.14. The van der Waals surface area contributed by atoms with E-state index in [9.17, 15) is 8.42 Å². The summed E-state index contributed by atoms with van der Waals surface area (Å²) in [6.45, 7) is 3.71. The Morgan fingerprint density at radius 1 is 1.38 bits per heavy atom. The van der Waals surface area contributed by atoms with Crippen molar-refractivity contribution >= 4 is 17.3 Å². The van der Waals surface area contributed by atoms with Crippen LogP contribution in [0.2, 0.25) is 6.32 Å². The van der Waals surface area contributed by atoms with Gasteiger partial charge in [-0.2, -0.15) is 17.0 Å². The summed E-state index contributed by atoms with van der Waals surface area (Å²) in [6.07, 6.45) is 3.72. The van der Waals surface area contributed by atoms with Crippen molar-refractivity contribution in [1.82, 2.24) is 8.61 Å². The molecule has 0 aromatic heterocycles. The molecule has 140 valence electrons. The van der Waals surface area contributed by atoms with Crippen molar-refractivity contribution in [2.75, 3.05) is 32.7 Å². The number of hydrogen-bond acceptors (Lipinski definition) is 6. The van der Waals surface area contributed by atoms with E-state index in [-0.39, 0.29) is 18.8 Å². The summed E-state index contributed by atoms with van der Waals surface area (Å²) < 4.78 is 28.9. The van der Waals surface area contributed by atoms with Crippen molar-refractivity contribution in [1.29, 1.82) is 0 Å².